The molecule has 3 atom stereocenters. The van der Waals surface area contributed by atoms with Crippen molar-refractivity contribution in [3.8, 4) is 0 Å². The molecule has 0 rings (SSSR count). The number of hydrogen-bond acceptors (Lipinski definition) is 6. The number of hydrogen-bond donors (Lipinski definition) is 2. The fourth-order valence-corrected chi connectivity index (χ4v) is 10.7. The predicted octanol–water partition coefficient (Wildman–Crippen LogP) is 19.1. The third-order valence-electron chi connectivity index (χ3n) is 15.0. The van der Waals surface area contributed by atoms with Crippen LogP contribution in [-0.2, 0) is 18.4 Å². The average Bonchev–Trinajstić information content (AvgIpc) is 3.34. The Hall–Kier alpha value is -0.760. The van der Waals surface area contributed by atoms with Crippen molar-refractivity contribution in [1.82, 2.24) is 5.32 Å². The number of likely N-dealkylation sites (N-methyl/N-ethyl adjacent to an activating group) is 1. The third-order valence-corrected chi connectivity index (χ3v) is 16.0. The van der Waals surface area contributed by atoms with E-state index < -0.39 is 20.0 Å². The van der Waals surface area contributed by atoms with Crippen molar-refractivity contribution in [2.45, 2.75) is 347 Å². The number of carbonyl (C=O) groups is 1. The van der Waals surface area contributed by atoms with E-state index in [1.54, 1.807) is 0 Å². The van der Waals surface area contributed by atoms with Gasteiger partial charge in [0.25, 0.3) is 7.82 Å². The molecule has 0 fully saturated rings. The zero-order chi connectivity index (χ0) is 52.7. The Morgan fingerprint density at radius 3 is 1.08 bits per heavy atom. The molecule has 0 aromatic carbocycles. The molecule has 9 heteroatoms. The molecule has 8 nitrogen and oxygen atoms in total. The summed E-state index contributed by atoms with van der Waals surface area (Å²) in [6.07, 6.45) is 68.6. The number of carbonyl (C=O) groups excluding carboxylic acids is 1. The summed E-state index contributed by atoms with van der Waals surface area (Å²) >= 11 is 0. The van der Waals surface area contributed by atoms with Crippen LogP contribution in [0.2, 0.25) is 0 Å². The quantitative estimate of drug-likeness (QED) is 0.0272. The van der Waals surface area contributed by atoms with Gasteiger partial charge < -0.3 is 28.8 Å². The van der Waals surface area contributed by atoms with Crippen molar-refractivity contribution in [2.75, 3.05) is 40.9 Å². The molecule has 0 radical (unpaired) electrons. The number of unbranched alkanes of at least 4 members (excludes halogenated alkanes) is 45. The third kappa shape index (κ3) is 57.0. The highest BCUT2D eigenvalue weighted by molar-refractivity contribution is 7.45. The molecule has 72 heavy (non-hydrogen) atoms. The number of allylic oxidation sites excluding steroid dienone is 2. The van der Waals surface area contributed by atoms with Gasteiger partial charge in [0.15, 0.2) is 0 Å². The Bertz CT molecular complexity index is 1180. The number of quaternary nitrogens is 1. The lowest BCUT2D eigenvalue weighted by Gasteiger charge is -2.30. The molecule has 0 aromatic heterocycles. The van der Waals surface area contributed by atoms with Crippen LogP contribution in [0.1, 0.15) is 335 Å². The molecule has 0 saturated carbocycles. The number of nitrogens with zero attached hydrogens (tertiary/aromatic N) is 1. The number of amides is 1. The maximum absolute atomic E-state index is 13.0. The van der Waals surface area contributed by atoms with Crippen LogP contribution in [0.25, 0.3) is 0 Å². The van der Waals surface area contributed by atoms with Gasteiger partial charge in [-0.3, -0.25) is 9.36 Å². The summed E-state index contributed by atoms with van der Waals surface area (Å²) < 4.78 is 23.4. The minimum Gasteiger partial charge on any atom is -0.756 e. The van der Waals surface area contributed by atoms with Crippen molar-refractivity contribution in [3.05, 3.63) is 12.2 Å². The highest BCUT2D eigenvalue weighted by Crippen LogP contribution is 2.38. The lowest BCUT2D eigenvalue weighted by Crippen LogP contribution is -2.46. The molecule has 0 saturated heterocycles. The summed E-state index contributed by atoms with van der Waals surface area (Å²) in [6, 6.07) is -0.796. The first-order valence-corrected chi connectivity index (χ1v) is 33.5. The zero-order valence-corrected chi connectivity index (χ0v) is 50.1. The van der Waals surface area contributed by atoms with Crippen LogP contribution >= 0.6 is 7.82 Å². The number of phosphoric ester groups is 1. The van der Waals surface area contributed by atoms with Crippen molar-refractivity contribution in [2.24, 2.45) is 0 Å². The molecule has 3 unspecified atom stereocenters. The van der Waals surface area contributed by atoms with E-state index in [0.29, 0.717) is 23.9 Å². The van der Waals surface area contributed by atoms with E-state index in [1.165, 1.54) is 270 Å². The van der Waals surface area contributed by atoms with Gasteiger partial charge in [-0.2, -0.15) is 0 Å². The van der Waals surface area contributed by atoms with E-state index in [9.17, 15) is 19.4 Å². The van der Waals surface area contributed by atoms with Gasteiger partial charge >= 0.3 is 0 Å². The smallest absolute Gasteiger partial charge is 0.268 e. The second kappa shape index (κ2) is 55.0. The van der Waals surface area contributed by atoms with Gasteiger partial charge in [0.05, 0.1) is 39.9 Å². The monoisotopic (exact) mass is 1040 g/mol. The van der Waals surface area contributed by atoms with E-state index in [0.717, 1.165) is 38.5 Å². The lowest BCUT2D eigenvalue weighted by atomic mass is 10.0. The van der Waals surface area contributed by atoms with Crippen LogP contribution in [-0.4, -0.2) is 68.5 Å². The molecular formula is C63H127N2O6P. The Kier molecular flexibility index (Phi) is 54.4. The van der Waals surface area contributed by atoms with Crippen LogP contribution in [0.15, 0.2) is 12.2 Å². The Labute approximate surface area is 450 Å². The minimum atomic E-state index is -4.57. The van der Waals surface area contributed by atoms with Gasteiger partial charge in [-0.15, -0.1) is 0 Å². The number of nitrogens with one attached hydrogen (secondary N) is 1. The molecule has 1 amide bonds. The van der Waals surface area contributed by atoms with Crippen LogP contribution in [0, 0.1) is 0 Å². The summed E-state index contributed by atoms with van der Waals surface area (Å²) in [6.45, 7) is 4.76. The van der Waals surface area contributed by atoms with Crippen LogP contribution in [0.4, 0.5) is 0 Å². The standard InChI is InChI=1S/C63H127N2O6P/c1-6-8-10-12-14-16-18-20-21-22-23-24-25-26-27-28-29-30-31-32-33-34-35-36-37-38-39-40-41-42-43-45-47-49-51-53-55-57-63(67)64-61(60-71-72(68,69)70-59-58-65(3,4)5)62(66)56-54-52-50-48-46-44-19-17-15-13-11-9-7-2/h30-31,61-62,66H,6-29,32-60H2,1-5H3,(H-,64,67,68,69)/b31-30-. The zero-order valence-electron chi connectivity index (χ0n) is 49.2. The molecule has 0 spiro atoms. The van der Waals surface area contributed by atoms with Gasteiger partial charge in [-0.1, -0.05) is 302 Å². The molecule has 0 aliphatic rings. The first-order valence-electron chi connectivity index (χ1n) is 32.0. The van der Waals surface area contributed by atoms with Gasteiger partial charge in [0, 0.05) is 6.42 Å². The van der Waals surface area contributed by atoms with E-state index in [2.05, 4.69) is 31.3 Å². The van der Waals surface area contributed by atoms with Gasteiger partial charge in [0.2, 0.25) is 5.91 Å². The van der Waals surface area contributed by atoms with Crippen LogP contribution in [0.3, 0.4) is 0 Å². The molecule has 0 heterocycles. The molecule has 2 N–H and O–H groups in total. The van der Waals surface area contributed by atoms with Crippen LogP contribution in [0.5, 0.6) is 0 Å². The van der Waals surface area contributed by atoms with E-state index in [-0.39, 0.29) is 19.1 Å². The van der Waals surface area contributed by atoms with E-state index in [4.69, 9.17) is 9.05 Å². The van der Waals surface area contributed by atoms with Gasteiger partial charge in [0.1, 0.15) is 13.2 Å². The highest BCUT2D eigenvalue weighted by atomic mass is 31.2. The highest BCUT2D eigenvalue weighted by Gasteiger charge is 2.24. The van der Waals surface area contributed by atoms with Crippen molar-refractivity contribution in [3.63, 3.8) is 0 Å². The normalized spacial score (nSPS) is 13.8. The molecule has 430 valence electrons. The lowest BCUT2D eigenvalue weighted by molar-refractivity contribution is -0.870. The summed E-state index contributed by atoms with van der Waals surface area (Å²) in [7, 11) is 1.32. The number of aliphatic hydroxyl groups excluding tert-OH is 1. The van der Waals surface area contributed by atoms with Crippen molar-refractivity contribution >= 4 is 13.7 Å². The Morgan fingerprint density at radius 2 is 0.764 bits per heavy atom. The second-order valence-corrected chi connectivity index (χ2v) is 24.9. The largest absolute Gasteiger partial charge is 0.756 e. The number of aliphatic hydroxyl groups is 1. The van der Waals surface area contributed by atoms with E-state index in [1.807, 2.05) is 21.1 Å². The molecule has 0 aromatic rings. The maximum Gasteiger partial charge on any atom is 0.268 e. The number of rotatable bonds is 60. The average molecular weight is 1040 g/mol. The minimum absolute atomic E-state index is 0.0152. The summed E-state index contributed by atoms with van der Waals surface area (Å²) in [5, 5.41) is 14.0. The summed E-state index contributed by atoms with van der Waals surface area (Å²) in [5.74, 6) is -0.159. The summed E-state index contributed by atoms with van der Waals surface area (Å²) in [4.78, 5) is 25.5. The van der Waals surface area contributed by atoms with Gasteiger partial charge in [-0.25, -0.2) is 0 Å². The SMILES string of the molecule is CCCCCCCCCCCCCCCCCC/C=C\CCCCCCCCCCCCCCCCCCCC(=O)NC(COP(=O)([O-])OCC[N+](C)(C)C)C(O)CCCCCCCCCCCCCCC. The summed E-state index contributed by atoms with van der Waals surface area (Å²) in [5.41, 5.74) is 0. The fraction of sp³-hybridized carbons (Fsp3) is 0.952. The van der Waals surface area contributed by atoms with E-state index >= 15 is 0 Å². The van der Waals surface area contributed by atoms with Crippen LogP contribution < -0.4 is 10.2 Å². The topological polar surface area (TPSA) is 108 Å². The number of phosphoric acid groups is 1. The first kappa shape index (κ1) is 71.2. The van der Waals surface area contributed by atoms with Crippen molar-refractivity contribution < 1.29 is 32.9 Å². The Morgan fingerprint density at radius 1 is 0.472 bits per heavy atom. The Balaban J connectivity index is 3.86. The fourth-order valence-electron chi connectivity index (χ4n) is 9.98. The molecule has 0 aliphatic heterocycles. The second-order valence-electron chi connectivity index (χ2n) is 23.5. The van der Waals surface area contributed by atoms with Gasteiger partial charge in [-0.05, 0) is 38.5 Å². The predicted molar refractivity (Wildman–Crippen MR) is 312 cm³/mol. The molecular weight excluding hydrogens is 912 g/mol. The molecule has 0 bridgehead atoms. The first-order chi connectivity index (χ1) is 35.0. The maximum atomic E-state index is 13.0. The molecule has 0 aliphatic carbocycles. The van der Waals surface area contributed by atoms with Crippen molar-refractivity contribution in [1.29, 1.82) is 0 Å².